The second-order valence-corrected chi connectivity index (χ2v) is 5.65. The molecular weight excluding hydrogens is 359 g/mol. The van der Waals surface area contributed by atoms with Crippen LogP contribution in [0.5, 0.6) is 5.75 Å². The molecule has 0 fully saturated rings. The summed E-state index contributed by atoms with van der Waals surface area (Å²) in [4.78, 5) is 19.6. The Balaban J connectivity index is 2.46. The van der Waals surface area contributed by atoms with Gasteiger partial charge in [-0.2, -0.15) is 18.2 Å². The van der Waals surface area contributed by atoms with Crippen LogP contribution in [-0.4, -0.2) is 49.2 Å². The number of amides is 1. The zero-order valence-corrected chi connectivity index (χ0v) is 15.7. The summed E-state index contributed by atoms with van der Waals surface area (Å²) in [6.07, 6.45) is 1.42. The number of ether oxygens (including phenoxy) is 1. The molecule has 27 heavy (non-hydrogen) atoms. The molecule has 0 unspecified atom stereocenters. The monoisotopic (exact) mass is 383 g/mol. The Morgan fingerprint density at radius 1 is 1.22 bits per heavy atom. The van der Waals surface area contributed by atoms with Crippen LogP contribution in [0.2, 0.25) is 0 Å². The van der Waals surface area contributed by atoms with Gasteiger partial charge in [-0.1, -0.05) is 6.08 Å². The minimum absolute atomic E-state index is 0.00419. The van der Waals surface area contributed by atoms with E-state index in [0.717, 1.165) is 11.3 Å². The highest BCUT2D eigenvalue weighted by atomic mass is 19.4. The zero-order valence-electron chi connectivity index (χ0n) is 15.7. The Morgan fingerprint density at radius 3 is 2.44 bits per heavy atom. The van der Waals surface area contributed by atoms with Crippen molar-refractivity contribution in [2.24, 2.45) is 9.98 Å². The molecule has 0 bridgehead atoms. The Hall–Kier alpha value is -2.64. The molecule has 1 amide bonds. The fourth-order valence-corrected chi connectivity index (χ4v) is 2.17. The number of amidine groups is 1. The predicted octanol–water partition coefficient (Wildman–Crippen LogP) is 4.24. The number of carbonyl (C=O) groups excluding carboxylic acids is 1. The number of hydrogen-bond donors (Lipinski definition) is 0. The van der Waals surface area contributed by atoms with Crippen molar-refractivity contribution in [1.29, 1.82) is 0 Å². The molecule has 148 valence electrons. The lowest BCUT2D eigenvalue weighted by Gasteiger charge is -2.19. The fourth-order valence-electron chi connectivity index (χ4n) is 2.17. The molecule has 0 N–H and O–H groups in total. The van der Waals surface area contributed by atoms with Crippen LogP contribution < -0.4 is 4.74 Å². The number of alkyl halides is 3. The zero-order chi connectivity index (χ0) is 20.3. The van der Waals surface area contributed by atoms with Gasteiger partial charge >= 0.3 is 12.1 Å². The summed E-state index contributed by atoms with van der Waals surface area (Å²) in [5, 5.41) is 0. The van der Waals surface area contributed by atoms with Crippen LogP contribution in [0, 0.1) is 0 Å². The van der Waals surface area contributed by atoms with Crippen molar-refractivity contribution in [1.82, 2.24) is 4.90 Å². The first-order valence-electron chi connectivity index (χ1n) is 8.49. The minimum atomic E-state index is -4.96. The van der Waals surface area contributed by atoms with Crippen LogP contribution in [0.4, 0.5) is 13.2 Å². The lowest BCUT2D eigenvalue weighted by Crippen LogP contribution is -2.29. The van der Waals surface area contributed by atoms with Crippen molar-refractivity contribution >= 4 is 18.0 Å². The van der Waals surface area contributed by atoms with Gasteiger partial charge in [-0.15, -0.1) is 0 Å². The number of unbranched alkanes of at least 4 members (excludes halogenated alkanes) is 1. The standard InChI is InChI=1S/C19H24F3N3O2/c1-4-11-25(15(2)24-18(26)19(20,21)22)12-5-6-13-27-17-9-7-16(8-10-17)14-23-3/h4,7-11,14H,5-6,12-13H2,1-3H3/b11-4-,23-14?,24-15?. The summed E-state index contributed by atoms with van der Waals surface area (Å²) in [6.45, 7) is 4.02. The van der Waals surface area contributed by atoms with Crippen molar-refractivity contribution in [2.45, 2.75) is 32.9 Å². The van der Waals surface area contributed by atoms with Gasteiger partial charge < -0.3 is 9.64 Å². The Labute approximate surface area is 157 Å². The number of halogens is 3. The van der Waals surface area contributed by atoms with Gasteiger partial charge in [-0.05, 0) is 56.5 Å². The summed E-state index contributed by atoms with van der Waals surface area (Å²) in [7, 11) is 1.70. The highest BCUT2D eigenvalue weighted by molar-refractivity contribution is 5.96. The summed E-state index contributed by atoms with van der Waals surface area (Å²) >= 11 is 0. The van der Waals surface area contributed by atoms with E-state index in [1.165, 1.54) is 11.8 Å². The summed E-state index contributed by atoms with van der Waals surface area (Å²) in [5.41, 5.74) is 0.981. The van der Waals surface area contributed by atoms with Crippen molar-refractivity contribution in [3.63, 3.8) is 0 Å². The predicted molar refractivity (Wildman–Crippen MR) is 100 cm³/mol. The summed E-state index contributed by atoms with van der Waals surface area (Å²) < 4.78 is 42.6. The number of benzene rings is 1. The number of allylic oxidation sites excluding steroid dienone is 1. The number of rotatable bonds is 8. The van der Waals surface area contributed by atoms with E-state index in [9.17, 15) is 18.0 Å². The first-order chi connectivity index (χ1) is 12.8. The lowest BCUT2D eigenvalue weighted by atomic mass is 10.2. The molecule has 1 aromatic carbocycles. The van der Waals surface area contributed by atoms with Crippen LogP contribution in [0.3, 0.4) is 0 Å². The van der Waals surface area contributed by atoms with E-state index in [4.69, 9.17) is 4.74 Å². The van der Waals surface area contributed by atoms with E-state index >= 15 is 0 Å². The van der Waals surface area contributed by atoms with Gasteiger partial charge in [0, 0.05) is 26.0 Å². The molecule has 0 aliphatic rings. The second-order valence-electron chi connectivity index (χ2n) is 5.65. The minimum Gasteiger partial charge on any atom is -0.494 e. The van der Waals surface area contributed by atoms with Crippen molar-refractivity contribution in [2.75, 3.05) is 20.2 Å². The first kappa shape index (κ1) is 22.4. The number of hydrogen-bond acceptors (Lipinski definition) is 3. The summed E-state index contributed by atoms with van der Waals surface area (Å²) in [6, 6.07) is 7.49. The molecule has 0 atom stereocenters. The first-order valence-corrected chi connectivity index (χ1v) is 8.49. The fraction of sp³-hybridized carbons (Fsp3) is 0.421. The van der Waals surface area contributed by atoms with Gasteiger partial charge in [0.2, 0.25) is 0 Å². The van der Waals surface area contributed by atoms with Crippen LogP contribution in [0.15, 0.2) is 46.5 Å². The van der Waals surface area contributed by atoms with Crippen LogP contribution >= 0.6 is 0 Å². The van der Waals surface area contributed by atoms with E-state index < -0.39 is 12.1 Å². The van der Waals surface area contributed by atoms with Crippen molar-refractivity contribution < 1.29 is 22.7 Å². The molecule has 0 aliphatic heterocycles. The lowest BCUT2D eigenvalue weighted by molar-refractivity contribution is -0.169. The third kappa shape index (κ3) is 8.52. The van der Waals surface area contributed by atoms with Gasteiger partial charge in [0.05, 0.1) is 6.61 Å². The second kappa shape index (κ2) is 11.2. The average molecular weight is 383 g/mol. The van der Waals surface area contributed by atoms with Gasteiger partial charge in [0.15, 0.2) is 0 Å². The van der Waals surface area contributed by atoms with Gasteiger partial charge in [-0.25, -0.2) is 0 Å². The third-order valence-corrected chi connectivity index (χ3v) is 3.47. The molecule has 0 aromatic heterocycles. The van der Waals surface area contributed by atoms with Crippen LogP contribution in [0.25, 0.3) is 0 Å². The Bertz CT molecular complexity index is 680. The smallest absolute Gasteiger partial charge is 0.473 e. The highest BCUT2D eigenvalue weighted by Gasteiger charge is 2.38. The third-order valence-electron chi connectivity index (χ3n) is 3.47. The highest BCUT2D eigenvalue weighted by Crippen LogP contribution is 2.17. The topological polar surface area (TPSA) is 54.3 Å². The molecule has 0 spiro atoms. The molecule has 1 rings (SSSR count). The van der Waals surface area contributed by atoms with Crippen molar-refractivity contribution in [3.05, 3.63) is 42.1 Å². The maximum atomic E-state index is 12.3. The van der Waals surface area contributed by atoms with Gasteiger partial charge in [0.1, 0.15) is 11.6 Å². The van der Waals surface area contributed by atoms with Crippen LogP contribution in [0.1, 0.15) is 32.3 Å². The van der Waals surface area contributed by atoms with Gasteiger partial charge in [0.25, 0.3) is 0 Å². The maximum Gasteiger partial charge on any atom is 0.473 e. The molecule has 8 heteroatoms. The summed E-state index contributed by atoms with van der Waals surface area (Å²) in [5.74, 6) is -1.36. The molecule has 0 aliphatic carbocycles. The Kier molecular flexibility index (Phi) is 9.25. The van der Waals surface area contributed by atoms with Crippen molar-refractivity contribution in [3.8, 4) is 5.75 Å². The van der Waals surface area contributed by atoms with Gasteiger partial charge in [-0.3, -0.25) is 9.79 Å². The van der Waals surface area contributed by atoms with E-state index in [-0.39, 0.29) is 5.84 Å². The van der Waals surface area contributed by atoms with E-state index in [1.807, 2.05) is 24.3 Å². The SMILES string of the molecule is C/C=C\N(CCCCOc1ccc(C=NC)cc1)C(C)=NC(=O)C(F)(F)F. The quantitative estimate of drug-likeness (QED) is 0.383. The average Bonchev–Trinajstić information content (AvgIpc) is 2.61. The molecule has 1 aromatic rings. The number of nitrogens with zero attached hydrogens (tertiary/aromatic N) is 3. The molecule has 0 saturated carbocycles. The molecule has 0 saturated heterocycles. The largest absolute Gasteiger partial charge is 0.494 e. The van der Waals surface area contributed by atoms with Crippen LogP contribution in [-0.2, 0) is 4.79 Å². The molecular formula is C19H24F3N3O2. The maximum absolute atomic E-state index is 12.3. The van der Waals surface area contributed by atoms with E-state index in [2.05, 4.69) is 9.98 Å². The number of aliphatic imine (C=N–C) groups is 2. The van der Waals surface area contributed by atoms with E-state index in [0.29, 0.717) is 26.0 Å². The van der Waals surface area contributed by atoms with E-state index in [1.54, 1.807) is 32.5 Å². The molecule has 0 radical (unpaired) electrons. The molecule has 0 heterocycles. The number of carbonyl (C=O) groups is 1. The molecule has 5 nitrogen and oxygen atoms in total. The Morgan fingerprint density at radius 2 is 1.89 bits per heavy atom. The normalized spacial score (nSPS) is 12.7.